The third kappa shape index (κ3) is 3.28. The Hall–Kier alpha value is -1.39. The molecule has 1 heterocycles. The van der Waals surface area contributed by atoms with Crippen LogP contribution in [0.2, 0.25) is 0 Å². The molecule has 0 bridgehead atoms. The number of ether oxygens (including phenoxy) is 1. The van der Waals surface area contributed by atoms with Gasteiger partial charge >= 0.3 is 0 Å². The second-order valence-corrected chi connectivity index (χ2v) is 4.22. The molecular weight excluding hydrogens is 218 g/mol. The molecule has 1 atom stereocenters. The summed E-state index contributed by atoms with van der Waals surface area (Å²) in [5, 5.41) is 11.7. The van der Waals surface area contributed by atoms with Crippen LogP contribution in [0.4, 0.5) is 5.69 Å². The van der Waals surface area contributed by atoms with Crippen LogP contribution in [0.3, 0.4) is 0 Å². The molecule has 2 N–H and O–H groups in total. The van der Waals surface area contributed by atoms with Crippen molar-refractivity contribution in [1.82, 2.24) is 0 Å². The van der Waals surface area contributed by atoms with Gasteiger partial charge in [0.25, 0.3) is 0 Å². The summed E-state index contributed by atoms with van der Waals surface area (Å²) in [6.45, 7) is 1.34. The molecule has 1 aliphatic rings. The van der Waals surface area contributed by atoms with Crippen molar-refractivity contribution < 1.29 is 14.6 Å². The van der Waals surface area contributed by atoms with E-state index < -0.39 is 0 Å². The minimum Gasteiger partial charge on any atom is -0.396 e. The van der Waals surface area contributed by atoms with Gasteiger partial charge in [-0.15, -0.1) is 0 Å². The third-order valence-corrected chi connectivity index (χ3v) is 2.92. The molecule has 4 nitrogen and oxygen atoms in total. The average molecular weight is 235 g/mol. The van der Waals surface area contributed by atoms with Gasteiger partial charge in [-0.1, -0.05) is 12.1 Å². The number of carbonyl (C=O) groups is 1. The minimum absolute atomic E-state index is 0.0212. The summed E-state index contributed by atoms with van der Waals surface area (Å²) in [5.74, 6) is 0.00419. The van der Waals surface area contributed by atoms with Crippen molar-refractivity contribution >= 4 is 11.6 Å². The number of carbonyl (C=O) groups excluding carboxylic acids is 1. The number of benzene rings is 1. The number of anilines is 1. The summed E-state index contributed by atoms with van der Waals surface area (Å²) in [6.07, 6.45) is 1.44. The van der Waals surface area contributed by atoms with E-state index in [1.54, 1.807) is 0 Å². The molecule has 0 spiro atoms. The van der Waals surface area contributed by atoms with Gasteiger partial charge in [-0.3, -0.25) is 4.79 Å². The number of hydrogen-bond acceptors (Lipinski definition) is 3. The van der Waals surface area contributed by atoms with Crippen LogP contribution in [0.25, 0.3) is 0 Å². The number of hydrogen-bond donors (Lipinski definition) is 2. The average Bonchev–Trinajstić information content (AvgIpc) is 2.86. The Bertz CT molecular complexity index is 369. The van der Waals surface area contributed by atoms with Gasteiger partial charge in [0.15, 0.2) is 0 Å². The molecule has 1 amide bonds. The number of aliphatic hydroxyl groups is 1. The van der Waals surface area contributed by atoms with Gasteiger partial charge in [-0.25, -0.2) is 0 Å². The maximum absolute atomic E-state index is 11.8. The molecule has 0 aromatic heterocycles. The number of nitrogens with one attached hydrogen (secondary N) is 1. The van der Waals surface area contributed by atoms with Crippen molar-refractivity contribution in [2.75, 3.05) is 25.1 Å². The molecular formula is C13H17NO3. The lowest BCUT2D eigenvalue weighted by Gasteiger charge is -2.09. The molecule has 2 rings (SSSR count). The molecule has 4 heteroatoms. The molecule has 92 valence electrons. The van der Waals surface area contributed by atoms with Crippen LogP contribution < -0.4 is 5.32 Å². The fourth-order valence-corrected chi connectivity index (χ4v) is 1.87. The summed E-state index contributed by atoms with van der Waals surface area (Å²) in [6, 6.07) is 7.55. The van der Waals surface area contributed by atoms with Gasteiger partial charge in [0, 0.05) is 18.9 Å². The van der Waals surface area contributed by atoms with Gasteiger partial charge in [-0.2, -0.15) is 0 Å². The van der Waals surface area contributed by atoms with E-state index in [4.69, 9.17) is 9.84 Å². The van der Waals surface area contributed by atoms with E-state index in [9.17, 15) is 4.79 Å². The largest absolute Gasteiger partial charge is 0.396 e. The lowest BCUT2D eigenvalue weighted by Crippen LogP contribution is -2.22. The first-order valence-corrected chi connectivity index (χ1v) is 5.88. The molecule has 17 heavy (non-hydrogen) atoms. The van der Waals surface area contributed by atoms with Gasteiger partial charge in [0.05, 0.1) is 12.5 Å². The SMILES string of the molecule is O=C(Nc1ccc(CCO)cc1)C1CCOC1. The van der Waals surface area contributed by atoms with Crippen LogP contribution in [-0.2, 0) is 16.0 Å². The summed E-state index contributed by atoms with van der Waals surface area (Å²) in [5.41, 5.74) is 1.86. The number of amides is 1. The van der Waals surface area contributed by atoms with E-state index in [0.29, 0.717) is 19.6 Å². The van der Waals surface area contributed by atoms with Crippen molar-refractivity contribution in [3.05, 3.63) is 29.8 Å². The van der Waals surface area contributed by atoms with Crippen LogP contribution in [0.1, 0.15) is 12.0 Å². The molecule has 1 aromatic carbocycles. The Kier molecular flexibility index (Phi) is 4.12. The normalized spacial score (nSPS) is 19.2. The van der Waals surface area contributed by atoms with E-state index in [1.165, 1.54) is 0 Å². The second-order valence-electron chi connectivity index (χ2n) is 4.22. The first kappa shape index (κ1) is 12.1. The van der Waals surface area contributed by atoms with Gasteiger partial charge in [0.1, 0.15) is 0 Å². The smallest absolute Gasteiger partial charge is 0.229 e. The fraction of sp³-hybridized carbons (Fsp3) is 0.462. The zero-order valence-electron chi connectivity index (χ0n) is 9.69. The van der Waals surface area contributed by atoms with Crippen LogP contribution in [0.5, 0.6) is 0 Å². The van der Waals surface area contributed by atoms with Gasteiger partial charge < -0.3 is 15.2 Å². The van der Waals surface area contributed by atoms with E-state index in [-0.39, 0.29) is 18.4 Å². The summed E-state index contributed by atoms with van der Waals surface area (Å²) < 4.78 is 5.18. The molecule has 1 saturated heterocycles. The van der Waals surface area contributed by atoms with Crippen LogP contribution in [0, 0.1) is 5.92 Å². The maximum atomic E-state index is 11.8. The highest BCUT2D eigenvalue weighted by Gasteiger charge is 2.23. The highest BCUT2D eigenvalue weighted by Crippen LogP contribution is 2.16. The minimum atomic E-state index is -0.0212. The second kappa shape index (κ2) is 5.80. The predicted molar refractivity (Wildman–Crippen MR) is 64.8 cm³/mol. The first-order chi connectivity index (χ1) is 8.29. The lowest BCUT2D eigenvalue weighted by molar-refractivity contribution is -0.119. The van der Waals surface area contributed by atoms with Gasteiger partial charge in [0.2, 0.25) is 5.91 Å². The predicted octanol–water partition coefficient (Wildman–Crippen LogP) is 1.20. The quantitative estimate of drug-likeness (QED) is 0.824. The highest BCUT2D eigenvalue weighted by atomic mass is 16.5. The van der Waals surface area contributed by atoms with E-state index >= 15 is 0 Å². The Labute approximate surface area is 101 Å². The summed E-state index contributed by atoms with van der Waals surface area (Å²) in [7, 11) is 0. The van der Waals surface area contributed by atoms with Crippen molar-refractivity contribution in [3.63, 3.8) is 0 Å². The monoisotopic (exact) mass is 235 g/mol. The standard InChI is InChI=1S/C13H17NO3/c15-7-5-10-1-3-12(4-2-10)14-13(16)11-6-8-17-9-11/h1-4,11,15H,5-9H2,(H,14,16). The fourth-order valence-electron chi connectivity index (χ4n) is 1.87. The molecule has 0 radical (unpaired) electrons. The molecule has 1 fully saturated rings. The molecule has 0 aliphatic carbocycles. The molecule has 1 aliphatic heterocycles. The Morgan fingerprint density at radius 3 is 2.76 bits per heavy atom. The van der Waals surface area contributed by atoms with Crippen LogP contribution >= 0.6 is 0 Å². The van der Waals surface area contributed by atoms with Crippen molar-refractivity contribution in [2.24, 2.45) is 5.92 Å². The lowest BCUT2D eigenvalue weighted by atomic mass is 10.1. The zero-order chi connectivity index (χ0) is 12.1. The van der Waals surface area contributed by atoms with Crippen molar-refractivity contribution in [2.45, 2.75) is 12.8 Å². The van der Waals surface area contributed by atoms with Gasteiger partial charge in [-0.05, 0) is 30.5 Å². The van der Waals surface area contributed by atoms with Crippen molar-refractivity contribution in [1.29, 1.82) is 0 Å². The Morgan fingerprint density at radius 1 is 1.41 bits per heavy atom. The first-order valence-electron chi connectivity index (χ1n) is 5.88. The molecule has 1 unspecified atom stereocenters. The van der Waals surface area contributed by atoms with Crippen molar-refractivity contribution in [3.8, 4) is 0 Å². The third-order valence-electron chi connectivity index (χ3n) is 2.92. The Balaban J connectivity index is 1.91. The highest BCUT2D eigenvalue weighted by molar-refractivity contribution is 5.92. The zero-order valence-corrected chi connectivity index (χ0v) is 9.69. The van der Waals surface area contributed by atoms with Crippen LogP contribution in [0.15, 0.2) is 24.3 Å². The molecule has 0 saturated carbocycles. The topological polar surface area (TPSA) is 58.6 Å². The number of aliphatic hydroxyl groups excluding tert-OH is 1. The molecule has 1 aromatic rings. The van der Waals surface area contributed by atoms with E-state index in [2.05, 4.69) is 5.32 Å². The maximum Gasteiger partial charge on any atom is 0.229 e. The number of rotatable bonds is 4. The van der Waals surface area contributed by atoms with Crippen LogP contribution in [-0.4, -0.2) is 30.8 Å². The van der Waals surface area contributed by atoms with E-state index in [0.717, 1.165) is 17.7 Å². The summed E-state index contributed by atoms with van der Waals surface area (Å²) >= 11 is 0. The van der Waals surface area contributed by atoms with E-state index in [1.807, 2.05) is 24.3 Å². The summed E-state index contributed by atoms with van der Waals surface area (Å²) in [4.78, 5) is 11.8. The Morgan fingerprint density at radius 2 is 2.18 bits per heavy atom.